The maximum Gasteiger partial charge on any atom is 0.344 e. The number of hydrogen-bond donors (Lipinski definition) is 1. The molecule has 30 heavy (non-hydrogen) atoms. The molecule has 0 spiro atoms. The van der Waals surface area contributed by atoms with Crippen molar-refractivity contribution in [3.63, 3.8) is 0 Å². The monoisotopic (exact) mass is 396 g/mol. The van der Waals surface area contributed by atoms with Crippen LogP contribution in [0.2, 0.25) is 0 Å². The Bertz CT molecular complexity index is 1460. The second-order valence-electron chi connectivity index (χ2n) is 7.00. The fraction of sp³-hybridized carbons (Fsp3) is 0.0833. The fourth-order valence-electron chi connectivity index (χ4n) is 4.00. The Morgan fingerprint density at radius 2 is 1.90 bits per heavy atom. The molecular weight excluding hydrogens is 380 g/mol. The van der Waals surface area contributed by atoms with Crippen LogP contribution in [0.4, 0.5) is 0 Å². The molecule has 146 valence electrons. The quantitative estimate of drug-likeness (QED) is 0.403. The molecule has 0 saturated carbocycles. The molecule has 0 amide bonds. The highest BCUT2D eigenvalue weighted by Crippen LogP contribution is 2.44. The van der Waals surface area contributed by atoms with Crippen LogP contribution in [0, 0.1) is 11.3 Å². The number of hydrogen-bond acceptors (Lipinski definition) is 6. The van der Waals surface area contributed by atoms with Crippen LogP contribution < -0.4 is 20.8 Å². The third-order valence-electron chi connectivity index (χ3n) is 5.39. The van der Waals surface area contributed by atoms with Crippen LogP contribution in [0.5, 0.6) is 11.5 Å². The second kappa shape index (κ2) is 6.68. The van der Waals surface area contributed by atoms with Crippen molar-refractivity contribution in [2.45, 2.75) is 5.92 Å². The zero-order valence-corrected chi connectivity index (χ0v) is 16.0. The van der Waals surface area contributed by atoms with Crippen molar-refractivity contribution in [2.75, 3.05) is 7.11 Å². The number of methoxy groups -OCH3 is 1. The molecule has 0 fully saturated rings. The lowest BCUT2D eigenvalue weighted by atomic mass is 9.83. The van der Waals surface area contributed by atoms with Crippen molar-refractivity contribution < 1.29 is 13.9 Å². The van der Waals surface area contributed by atoms with E-state index in [0.717, 1.165) is 10.8 Å². The van der Waals surface area contributed by atoms with E-state index in [9.17, 15) is 10.1 Å². The third kappa shape index (κ3) is 2.53. The predicted octanol–water partition coefficient (Wildman–Crippen LogP) is 4.17. The van der Waals surface area contributed by atoms with E-state index in [1.54, 1.807) is 25.3 Å². The predicted molar refractivity (Wildman–Crippen MR) is 112 cm³/mol. The Labute approximate surface area is 171 Å². The van der Waals surface area contributed by atoms with E-state index in [1.165, 1.54) is 0 Å². The standard InChI is InChI=1S/C24H16N2O4/c1-28-15-7-4-6-14(11-15)19-18(12-25)23(26)29-22-17-10-9-13-5-2-3-8-16(13)21(17)30-24(27)20(19)22/h2-11,19H,26H2,1H3. The minimum atomic E-state index is -0.721. The molecule has 1 aliphatic rings. The van der Waals surface area contributed by atoms with Gasteiger partial charge in [-0.15, -0.1) is 0 Å². The number of benzene rings is 3. The molecule has 3 aromatic carbocycles. The van der Waals surface area contributed by atoms with Gasteiger partial charge in [-0.05, 0) is 29.1 Å². The van der Waals surface area contributed by atoms with Crippen LogP contribution in [-0.4, -0.2) is 7.11 Å². The van der Waals surface area contributed by atoms with Crippen molar-refractivity contribution in [1.82, 2.24) is 0 Å². The van der Waals surface area contributed by atoms with Crippen LogP contribution in [0.3, 0.4) is 0 Å². The molecule has 5 rings (SSSR count). The normalized spacial score (nSPS) is 15.5. The van der Waals surface area contributed by atoms with Gasteiger partial charge in [-0.3, -0.25) is 0 Å². The molecule has 2 heterocycles. The number of nitriles is 1. The smallest absolute Gasteiger partial charge is 0.344 e. The van der Waals surface area contributed by atoms with Crippen molar-refractivity contribution in [3.8, 4) is 17.6 Å². The van der Waals surface area contributed by atoms with Crippen LogP contribution in [0.1, 0.15) is 17.0 Å². The molecule has 0 saturated heterocycles. The number of allylic oxidation sites excluding steroid dienone is 1. The highest BCUT2D eigenvalue weighted by atomic mass is 16.5. The van der Waals surface area contributed by atoms with Crippen LogP contribution in [0.25, 0.3) is 21.7 Å². The van der Waals surface area contributed by atoms with Gasteiger partial charge in [-0.25, -0.2) is 4.79 Å². The number of nitrogens with zero attached hydrogens (tertiary/aromatic N) is 1. The fourth-order valence-corrected chi connectivity index (χ4v) is 4.00. The Kier molecular flexibility index (Phi) is 3.97. The highest BCUT2D eigenvalue weighted by molar-refractivity contribution is 6.06. The molecule has 4 aromatic rings. The minimum Gasteiger partial charge on any atom is -0.497 e. The first kappa shape index (κ1) is 17.8. The molecule has 1 unspecified atom stereocenters. The molecule has 1 aliphatic heterocycles. The summed E-state index contributed by atoms with van der Waals surface area (Å²) >= 11 is 0. The maximum atomic E-state index is 13.2. The van der Waals surface area contributed by atoms with Gasteiger partial charge in [0.05, 0.1) is 24.0 Å². The highest BCUT2D eigenvalue weighted by Gasteiger charge is 2.35. The van der Waals surface area contributed by atoms with E-state index >= 15 is 0 Å². The summed E-state index contributed by atoms with van der Waals surface area (Å²) in [7, 11) is 1.55. The van der Waals surface area contributed by atoms with E-state index in [-0.39, 0.29) is 17.0 Å². The van der Waals surface area contributed by atoms with Gasteiger partial charge in [0, 0.05) is 5.39 Å². The number of rotatable bonds is 2. The summed E-state index contributed by atoms with van der Waals surface area (Å²) in [5, 5.41) is 12.1. The zero-order valence-electron chi connectivity index (χ0n) is 16.0. The summed E-state index contributed by atoms with van der Waals surface area (Å²) in [6.07, 6.45) is 0. The Balaban J connectivity index is 1.87. The molecule has 2 N–H and O–H groups in total. The molecule has 0 aliphatic carbocycles. The summed E-state index contributed by atoms with van der Waals surface area (Å²) in [4.78, 5) is 13.2. The van der Waals surface area contributed by atoms with Crippen LogP contribution in [-0.2, 0) is 0 Å². The topological polar surface area (TPSA) is 98.5 Å². The number of fused-ring (bicyclic) bond motifs is 5. The number of nitrogens with two attached hydrogens (primary N) is 1. The number of ether oxygens (including phenoxy) is 2. The van der Waals surface area contributed by atoms with Crippen molar-refractivity contribution >= 4 is 21.7 Å². The van der Waals surface area contributed by atoms with Gasteiger partial charge in [-0.2, -0.15) is 5.26 Å². The van der Waals surface area contributed by atoms with Crippen LogP contribution in [0.15, 0.2) is 81.3 Å². The molecule has 0 bridgehead atoms. The lowest BCUT2D eigenvalue weighted by molar-refractivity contribution is 0.387. The van der Waals surface area contributed by atoms with E-state index < -0.39 is 11.5 Å². The molecular formula is C24H16N2O4. The van der Waals surface area contributed by atoms with Gasteiger partial charge >= 0.3 is 5.63 Å². The molecule has 6 heteroatoms. The summed E-state index contributed by atoms with van der Waals surface area (Å²) in [5.74, 6) is 0.169. The first-order valence-corrected chi connectivity index (χ1v) is 9.32. The lowest BCUT2D eigenvalue weighted by Crippen LogP contribution is -2.26. The minimum absolute atomic E-state index is 0.0297. The third-order valence-corrected chi connectivity index (χ3v) is 5.39. The summed E-state index contributed by atoms with van der Waals surface area (Å²) in [5.41, 5.74) is 7.07. The van der Waals surface area contributed by atoms with Crippen LogP contribution >= 0.6 is 0 Å². The van der Waals surface area contributed by atoms with E-state index in [1.807, 2.05) is 42.5 Å². The average Bonchev–Trinajstić information content (AvgIpc) is 2.78. The lowest BCUT2D eigenvalue weighted by Gasteiger charge is -2.26. The molecule has 0 radical (unpaired) electrons. The summed E-state index contributed by atoms with van der Waals surface area (Å²) < 4.78 is 16.9. The Morgan fingerprint density at radius 1 is 1.07 bits per heavy atom. The summed E-state index contributed by atoms with van der Waals surface area (Å²) in [6, 6.07) is 20.7. The first-order valence-electron chi connectivity index (χ1n) is 9.32. The maximum absolute atomic E-state index is 13.2. The zero-order chi connectivity index (χ0) is 20.8. The summed E-state index contributed by atoms with van der Waals surface area (Å²) in [6.45, 7) is 0. The van der Waals surface area contributed by atoms with E-state index in [2.05, 4.69) is 6.07 Å². The first-order chi connectivity index (χ1) is 14.6. The van der Waals surface area contributed by atoms with Gasteiger partial charge in [0.25, 0.3) is 0 Å². The Morgan fingerprint density at radius 3 is 2.70 bits per heavy atom. The second-order valence-corrected chi connectivity index (χ2v) is 7.00. The van der Waals surface area contributed by atoms with E-state index in [4.69, 9.17) is 19.6 Å². The van der Waals surface area contributed by atoms with Gasteiger partial charge in [0.2, 0.25) is 5.88 Å². The van der Waals surface area contributed by atoms with Crippen molar-refractivity contribution in [2.24, 2.45) is 5.73 Å². The van der Waals surface area contributed by atoms with E-state index in [0.29, 0.717) is 28.0 Å². The molecule has 1 atom stereocenters. The largest absolute Gasteiger partial charge is 0.497 e. The van der Waals surface area contributed by atoms with Crippen molar-refractivity contribution in [1.29, 1.82) is 5.26 Å². The Hall–Kier alpha value is -4.24. The average molecular weight is 396 g/mol. The van der Waals surface area contributed by atoms with Gasteiger partial charge < -0.3 is 19.6 Å². The van der Waals surface area contributed by atoms with Gasteiger partial charge in [0.1, 0.15) is 23.0 Å². The molecule has 1 aromatic heterocycles. The van der Waals surface area contributed by atoms with Gasteiger partial charge in [-0.1, -0.05) is 42.5 Å². The molecule has 6 nitrogen and oxygen atoms in total. The van der Waals surface area contributed by atoms with Gasteiger partial charge in [0.15, 0.2) is 5.75 Å². The SMILES string of the molecule is COc1cccc(C2C(C#N)=C(N)Oc3c2c(=O)oc2c3ccc3ccccc32)c1. The van der Waals surface area contributed by atoms with Crippen molar-refractivity contribution in [3.05, 3.63) is 93.7 Å².